The number of aliphatic carboxylic acids is 1. The molecule has 2 N–H and O–H groups in total. The highest BCUT2D eigenvalue weighted by Gasteiger charge is 2.32. The lowest BCUT2D eigenvalue weighted by Gasteiger charge is -2.28. The number of amides is 2. The number of carboxylic acid groups (broad SMARTS) is 1. The summed E-state index contributed by atoms with van der Waals surface area (Å²) in [6.07, 6.45) is 14.9. The molecule has 1 heterocycles. The Kier molecular flexibility index (Phi) is 11.2. The number of carbonyl (C=O) groups excluding carboxylic acids is 2. The summed E-state index contributed by atoms with van der Waals surface area (Å²) in [5, 5.41) is 14.0. The average molecular weight is 495 g/mol. The Hall–Kier alpha value is -2.89. The molecule has 6 heteroatoms. The molecular weight excluding hydrogens is 452 g/mol. The van der Waals surface area contributed by atoms with E-state index in [0.717, 1.165) is 29.4 Å². The Balaban J connectivity index is 1.51. The lowest BCUT2D eigenvalue weighted by molar-refractivity contribution is -0.137. The van der Waals surface area contributed by atoms with Gasteiger partial charge in [0.05, 0.1) is 0 Å². The molecule has 2 aromatic rings. The molecule has 3 rings (SSSR count). The van der Waals surface area contributed by atoms with Crippen LogP contribution in [0, 0.1) is 0 Å². The van der Waals surface area contributed by atoms with Gasteiger partial charge in [-0.1, -0.05) is 83.3 Å². The van der Waals surface area contributed by atoms with Gasteiger partial charge in [-0.15, -0.1) is 0 Å². The van der Waals surface area contributed by atoms with Crippen molar-refractivity contribution in [2.75, 3.05) is 18.4 Å². The Labute approximate surface area is 215 Å². The quantitative estimate of drug-likeness (QED) is 0.166. The van der Waals surface area contributed by atoms with Crippen molar-refractivity contribution in [3.63, 3.8) is 0 Å². The van der Waals surface area contributed by atoms with Crippen molar-refractivity contribution in [2.45, 2.75) is 96.8 Å². The standard InChI is InChI=1S/C30H42N2O4/c1-2-3-4-5-6-7-8-9-10-13-21-31-26-20-19-25-28-23(26)16-15-17-24(28)29(35)32(30(25)36)22-14-11-12-18-27(33)34/h15-17,19-20,31H,2-14,18,21-22H2,1H3,(H,33,34). The van der Waals surface area contributed by atoms with Crippen LogP contribution in [0.2, 0.25) is 0 Å². The molecule has 0 saturated carbocycles. The van der Waals surface area contributed by atoms with Gasteiger partial charge >= 0.3 is 5.97 Å². The molecule has 1 aliphatic rings. The van der Waals surface area contributed by atoms with Gasteiger partial charge in [-0.3, -0.25) is 19.3 Å². The van der Waals surface area contributed by atoms with E-state index in [2.05, 4.69) is 12.2 Å². The molecule has 1 aliphatic heterocycles. The molecule has 196 valence electrons. The van der Waals surface area contributed by atoms with Crippen molar-refractivity contribution in [2.24, 2.45) is 0 Å². The minimum atomic E-state index is -0.821. The monoisotopic (exact) mass is 494 g/mol. The number of rotatable bonds is 18. The summed E-state index contributed by atoms with van der Waals surface area (Å²) in [7, 11) is 0. The lowest BCUT2D eigenvalue weighted by atomic mass is 9.92. The van der Waals surface area contributed by atoms with Gasteiger partial charge in [-0.25, -0.2) is 0 Å². The predicted octanol–water partition coefficient (Wildman–Crippen LogP) is 7.41. The minimum Gasteiger partial charge on any atom is -0.481 e. The first-order chi connectivity index (χ1) is 17.5. The van der Waals surface area contributed by atoms with Crippen LogP contribution in [0.25, 0.3) is 10.8 Å². The first-order valence-electron chi connectivity index (χ1n) is 13.9. The second-order valence-corrected chi connectivity index (χ2v) is 9.96. The molecule has 0 saturated heterocycles. The number of imide groups is 1. The Morgan fingerprint density at radius 1 is 0.778 bits per heavy atom. The van der Waals surface area contributed by atoms with Crippen LogP contribution in [-0.2, 0) is 4.79 Å². The van der Waals surface area contributed by atoms with E-state index >= 15 is 0 Å². The molecule has 0 radical (unpaired) electrons. The zero-order chi connectivity index (χ0) is 25.8. The van der Waals surface area contributed by atoms with Crippen molar-refractivity contribution in [1.82, 2.24) is 4.90 Å². The summed E-state index contributed by atoms with van der Waals surface area (Å²) in [5.74, 6) is -1.34. The molecule has 0 aromatic heterocycles. The van der Waals surface area contributed by atoms with E-state index in [-0.39, 0.29) is 18.2 Å². The fourth-order valence-corrected chi connectivity index (χ4v) is 5.06. The first kappa shape index (κ1) is 27.7. The van der Waals surface area contributed by atoms with Gasteiger partial charge in [0.1, 0.15) is 0 Å². The molecule has 0 spiro atoms. The molecule has 0 atom stereocenters. The number of hydrogen-bond donors (Lipinski definition) is 2. The van der Waals surface area contributed by atoms with Crippen LogP contribution >= 0.6 is 0 Å². The van der Waals surface area contributed by atoms with Crippen molar-refractivity contribution < 1.29 is 19.5 Å². The van der Waals surface area contributed by atoms with Gasteiger partial charge in [-0.2, -0.15) is 0 Å². The molecule has 2 aromatic carbocycles. The molecule has 0 aliphatic carbocycles. The number of unbranched alkanes of at least 4 members (excludes halogenated alkanes) is 11. The van der Waals surface area contributed by atoms with Crippen LogP contribution in [0.1, 0.15) is 118 Å². The first-order valence-corrected chi connectivity index (χ1v) is 13.9. The third-order valence-corrected chi connectivity index (χ3v) is 7.11. The average Bonchev–Trinajstić information content (AvgIpc) is 2.87. The zero-order valence-corrected chi connectivity index (χ0v) is 21.8. The summed E-state index contributed by atoms with van der Waals surface area (Å²) in [6, 6.07) is 9.44. The van der Waals surface area contributed by atoms with Gasteiger partial charge in [0.15, 0.2) is 0 Å². The second kappa shape index (κ2) is 14.6. The fourth-order valence-electron chi connectivity index (χ4n) is 5.06. The number of hydrogen-bond acceptors (Lipinski definition) is 4. The van der Waals surface area contributed by atoms with E-state index in [1.54, 1.807) is 6.07 Å². The summed E-state index contributed by atoms with van der Waals surface area (Å²) >= 11 is 0. The number of nitrogens with zero attached hydrogens (tertiary/aromatic N) is 1. The highest BCUT2D eigenvalue weighted by Crippen LogP contribution is 2.34. The number of benzene rings is 2. The Morgan fingerprint density at radius 2 is 1.39 bits per heavy atom. The molecule has 6 nitrogen and oxygen atoms in total. The van der Waals surface area contributed by atoms with Crippen LogP contribution in [0.4, 0.5) is 5.69 Å². The SMILES string of the molecule is CCCCCCCCCCCCNc1ccc2c3c(cccc13)C(=O)N(CCCCCC(=O)O)C2=O. The van der Waals surface area contributed by atoms with E-state index in [1.165, 1.54) is 62.7 Å². The van der Waals surface area contributed by atoms with Crippen molar-refractivity contribution in [3.05, 3.63) is 41.5 Å². The van der Waals surface area contributed by atoms with Crippen molar-refractivity contribution >= 4 is 34.2 Å². The third kappa shape index (κ3) is 7.55. The summed E-state index contributed by atoms with van der Waals surface area (Å²) in [5.41, 5.74) is 2.10. The maximum Gasteiger partial charge on any atom is 0.303 e. The smallest absolute Gasteiger partial charge is 0.303 e. The highest BCUT2D eigenvalue weighted by atomic mass is 16.4. The Bertz CT molecular complexity index is 1010. The third-order valence-electron chi connectivity index (χ3n) is 7.11. The normalized spacial score (nSPS) is 13.0. The van der Waals surface area contributed by atoms with Crippen molar-refractivity contribution in [3.8, 4) is 0 Å². The molecular formula is C30H42N2O4. The van der Waals surface area contributed by atoms with Gasteiger partial charge in [0.2, 0.25) is 0 Å². The van der Waals surface area contributed by atoms with Crippen LogP contribution in [0.15, 0.2) is 30.3 Å². The van der Waals surface area contributed by atoms with Gasteiger partial charge in [-0.05, 0) is 37.5 Å². The molecule has 2 amide bonds. The number of anilines is 1. The molecule has 0 unspecified atom stereocenters. The van der Waals surface area contributed by atoms with E-state index in [9.17, 15) is 14.4 Å². The van der Waals surface area contributed by atoms with Gasteiger partial charge in [0.25, 0.3) is 11.8 Å². The number of carbonyl (C=O) groups is 3. The van der Waals surface area contributed by atoms with Crippen LogP contribution in [-0.4, -0.2) is 40.9 Å². The lowest BCUT2D eigenvalue weighted by Crippen LogP contribution is -2.40. The van der Waals surface area contributed by atoms with Crippen LogP contribution in [0.5, 0.6) is 0 Å². The molecule has 0 fully saturated rings. The fraction of sp³-hybridized carbons (Fsp3) is 0.567. The van der Waals surface area contributed by atoms with Gasteiger partial charge < -0.3 is 10.4 Å². The topological polar surface area (TPSA) is 86.7 Å². The molecule has 36 heavy (non-hydrogen) atoms. The maximum absolute atomic E-state index is 13.1. The van der Waals surface area contributed by atoms with E-state index in [4.69, 9.17) is 5.11 Å². The predicted molar refractivity (Wildman–Crippen MR) is 146 cm³/mol. The van der Waals surface area contributed by atoms with Crippen LogP contribution in [0.3, 0.4) is 0 Å². The molecule has 0 bridgehead atoms. The summed E-state index contributed by atoms with van der Waals surface area (Å²) in [4.78, 5) is 38.3. The second-order valence-electron chi connectivity index (χ2n) is 9.96. The Morgan fingerprint density at radius 3 is 2.06 bits per heavy atom. The maximum atomic E-state index is 13.1. The van der Waals surface area contributed by atoms with Crippen LogP contribution < -0.4 is 5.32 Å². The number of carboxylic acids is 1. The van der Waals surface area contributed by atoms with E-state index in [1.807, 2.05) is 24.3 Å². The zero-order valence-electron chi connectivity index (χ0n) is 21.8. The minimum absolute atomic E-state index is 0.110. The number of nitrogens with one attached hydrogen (secondary N) is 1. The van der Waals surface area contributed by atoms with Gasteiger partial charge in [0, 0.05) is 47.1 Å². The largest absolute Gasteiger partial charge is 0.481 e. The van der Waals surface area contributed by atoms with Crippen molar-refractivity contribution in [1.29, 1.82) is 0 Å². The van der Waals surface area contributed by atoms with E-state index < -0.39 is 5.97 Å². The summed E-state index contributed by atoms with van der Waals surface area (Å²) < 4.78 is 0. The highest BCUT2D eigenvalue weighted by molar-refractivity contribution is 6.26. The van der Waals surface area contributed by atoms with E-state index in [0.29, 0.717) is 36.9 Å². The summed E-state index contributed by atoms with van der Waals surface area (Å²) in [6.45, 7) is 3.44.